The normalized spacial score (nSPS) is 10.8. The molecule has 3 rings (SSSR count). The summed E-state index contributed by atoms with van der Waals surface area (Å²) in [5, 5.41) is 4.18. The second kappa shape index (κ2) is 6.93. The second-order valence-electron chi connectivity index (χ2n) is 5.00. The SMILES string of the molecule is O=C(NCc1ccc(Cl)cc1)c1cc2c(Cl)c(Br)cnc2[nH]c1=O. The summed E-state index contributed by atoms with van der Waals surface area (Å²) in [5.74, 6) is -0.496. The molecule has 0 fully saturated rings. The topological polar surface area (TPSA) is 74.8 Å². The Balaban J connectivity index is 1.89. The fraction of sp³-hybridized carbons (Fsp3) is 0.0625. The van der Waals surface area contributed by atoms with Crippen molar-refractivity contribution in [3.63, 3.8) is 0 Å². The highest BCUT2D eigenvalue weighted by Gasteiger charge is 2.14. The van der Waals surface area contributed by atoms with Crippen LogP contribution in [0.1, 0.15) is 15.9 Å². The van der Waals surface area contributed by atoms with Crippen LogP contribution in [0.15, 0.2) is 45.8 Å². The lowest BCUT2D eigenvalue weighted by atomic mass is 10.2. The molecular weight excluding hydrogens is 417 g/mol. The van der Waals surface area contributed by atoms with Gasteiger partial charge in [-0.25, -0.2) is 4.98 Å². The summed E-state index contributed by atoms with van der Waals surface area (Å²) < 4.78 is 0.580. The number of rotatable bonds is 3. The van der Waals surface area contributed by atoms with Gasteiger partial charge in [0.25, 0.3) is 11.5 Å². The van der Waals surface area contributed by atoms with E-state index in [9.17, 15) is 9.59 Å². The van der Waals surface area contributed by atoms with E-state index in [0.29, 0.717) is 25.6 Å². The molecule has 24 heavy (non-hydrogen) atoms. The highest BCUT2D eigenvalue weighted by Crippen LogP contribution is 2.28. The summed E-state index contributed by atoms with van der Waals surface area (Å²) >= 11 is 15.3. The van der Waals surface area contributed by atoms with Gasteiger partial charge in [0.15, 0.2) is 0 Å². The van der Waals surface area contributed by atoms with Crippen molar-refractivity contribution in [2.45, 2.75) is 6.54 Å². The van der Waals surface area contributed by atoms with Gasteiger partial charge in [-0.3, -0.25) is 9.59 Å². The molecule has 2 heterocycles. The summed E-state index contributed by atoms with van der Waals surface area (Å²) in [4.78, 5) is 31.0. The molecule has 8 heteroatoms. The van der Waals surface area contributed by atoms with Crippen LogP contribution in [0.5, 0.6) is 0 Å². The predicted octanol–water partition coefficient (Wildman–Crippen LogP) is 3.92. The molecule has 0 bridgehead atoms. The molecule has 0 aliphatic heterocycles. The van der Waals surface area contributed by atoms with Crippen LogP contribution >= 0.6 is 39.1 Å². The largest absolute Gasteiger partial charge is 0.348 e. The molecule has 1 aromatic carbocycles. The van der Waals surface area contributed by atoms with E-state index >= 15 is 0 Å². The molecule has 0 unspecified atom stereocenters. The molecule has 2 aromatic heterocycles. The first-order chi connectivity index (χ1) is 11.5. The van der Waals surface area contributed by atoms with Crippen molar-refractivity contribution < 1.29 is 4.79 Å². The molecule has 0 aliphatic rings. The minimum Gasteiger partial charge on any atom is -0.348 e. The van der Waals surface area contributed by atoms with E-state index in [4.69, 9.17) is 23.2 Å². The number of carbonyl (C=O) groups is 1. The Kier molecular flexibility index (Phi) is 4.89. The Morgan fingerprint density at radius 3 is 2.67 bits per heavy atom. The maximum atomic E-state index is 12.3. The molecule has 0 saturated heterocycles. The minimum absolute atomic E-state index is 0.0294. The van der Waals surface area contributed by atoms with E-state index in [1.807, 2.05) is 0 Å². The van der Waals surface area contributed by atoms with Crippen molar-refractivity contribution in [3.05, 3.63) is 72.5 Å². The van der Waals surface area contributed by atoms with Crippen molar-refractivity contribution in [1.82, 2.24) is 15.3 Å². The summed E-state index contributed by atoms with van der Waals surface area (Å²) in [7, 11) is 0. The number of fused-ring (bicyclic) bond motifs is 1. The quantitative estimate of drug-likeness (QED) is 0.666. The van der Waals surface area contributed by atoms with Gasteiger partial charge in [0.05, 0.1) is 9.50 Å². The molecule has 0 saturated carbocycles. The van der Waals surface area contributed by atoms with Crippen LogP contribution < -0.4 is 10.9 Å². The minimum atomic E-state index is -0.526. The predicted molar refractivity (Wildman–Crippen MR) is 97.7 cm³/mol. The summed E-state index contributed by atoms with van der Waals surface area (Å²) in [6.07, 6.45) is 1.49. The number of nitrogens with one attached hydrogen (secondary N) is 2. The van der Waals surface area contributed by atoms with Crippen LogP contribution in [0.25, 0.3) is 11.0 Å². The van der Waals surface area contributed by atoms with Gasteiger partial charge in [-0.15, -0.1) is 0 Å². The first-order valence-corrected chi connectivity index (χ1v) is 8.40. The highest BCUT2D eigenvalue weighted by molar-refractivity contribution is 9.10. The average Bonchev–Trinajstić information content (AvgIpc) is 2.57. The zero-order valence-electron chi connectivity index (χ0n) is 12.1. The van der Waals surface area contributed by atoms with Gasteiger partial charge >= 0.3 is 0 Å². The first kappa shape index (κ1) is 17.0. The summed E-state index contributed by atoms with van der Waals surface area (Å²) in [6, 6.07) is 8.49. The lowest BCUT2D eigenvalue weighted by Gasteiger charge is -2.07. The number of nitrogens with zero attached hydrogens (tertiary/aromatic N) is 1. The molecule has 1 amide bonds. The van der Waals surface area contributed by atoms with Crippen molar-refractivity contribution in [1.29, 1.82) is 0 Å². The Morgan fingerprint density at radius 2 is 1.96 bits per heavy atom. The number of hydrogen-bond donors (Lipinski definition) is 2. The van der Waals surface area contributed by atoms with Crippen molar-refractivity contribution in [2.75, 3.05) is 0 Å². The number of pyridine rings is 2. The summed E-state index contributed by atoms with van der Waals surface area (Å²) in [5.41, 5.74) is 0.634. The molecule has 0 aliphatic carbocycles. The number of halogens is 3. The Labute approximate surface area is 155 Å². The molecule has 122 valence electrons. The van der Waals surface area contributed by atoms with Crippen LogP contribution in [-0.2, 0) is 6.54 Å². The van der Waals surface area contributed by atoms with Crippen LogP contribution in [0.2, 0.25) is 10.0 Å². The number of amides is 1. The fourth-order valence-electron chi connectivity index (χ4n) is 2.14. The zero-order valence-corrected chi connectivity index (χ0v) is 15.2. The smallest absolute Gasteiger partial charge is 0.262 e. The molecule has 5 nitrogen and oxygen atoms in total. The highest BCUT2D eigenvalue weighted by atomic mass is 79.9. The van der Waals surface area contributed by atoms with Crippen molar-refractivity contribution >= 4 is 56.1 Å². The van der Waals surface area contributed by atoms with Gasteiger partial charge in [-0.2, -0.15) is 0 Å². The zero-order chi connectivity index (χ0) is 17.3. The van der Waals surface area contributed by atoms with E-state index in [-0.39, 0.29) is 12.1 Å². The lowest BCUT2D eigenvalue weighted by molar-refractivity contribution is 0.0949. The Hall–Kier alpha value is -1.89. The van der Waals surface area contributed by atoms with Gasteiger partial charge < -0.3 is 10.3 Å². The number of carbonyl (C=O) groups excluding carboxylic acids is 1. The monoisotopic (exact) mass is 425 g/mol. The van der Waals surface area contributed by atoms with E-state index in [1.165, 1.54) is 12.3 Å². The van der Waals surface area contributed by atoms with Gasteiger partial charge in [-0.05, 0) is 39.7 Å². The number of benzene rings is 1. The molecule has 3 aromatic rings. The molecular formula is C16H10BrCl2N3O2. The first-order valence-electron chi connectivity index (χ1n) is 6.85. The number of aromatic nitrogens is 2. The Bertz CT molecular complexity index is 987. The third-order valence-electron chi connectivity index (χ3n) is 3.38. The molecule has 0 atom stereocenters. The molecule has 0 radical (unpaired) electrons. The maximum Gasteiger partial charge on any atom is 0.262 e. The van der Waals surface area contributed by atoms with Gasteiger partial charge in [-0.1, -0.05) is 35.3 Å². The average molecular weight is 427 g/mol. The number of H-pyrrole nitrogens is 1. The summed E-state index contributed by atoms with van der Waals surface area (Å²) in [6.45, 7) is 0.276. The third kappa shape index (κ3) is 3.45. The second-order valence-corrected chi connectivity index (χ2v) is 6.67. The van der Waals surface area contributed by atoms with Gasteiger partial charge in [0.2, 0.25) is 0 Å². The van der Waals surface area contributed by atoms with Crippen LogP contribution in [0.3, 0.4) is 0 Å². The lowest BCUT2D eigenvalue weighted by Crippen LogP contribution is -2.29. The van der Waals surface area contributed by atoms with Crippen molar-refractivity contribution in [3.8, 4) is 0 Å². The molecule has 2 N–H and O–H groups in total. The molecule has 0 spiro atoms. The number of hydrogen-bond acceptors (Lipinski definition) is 3. The maximum absolute atomic E-state index is 12.3. The van der Waals surface area contributed by atoms with Crippen LogP contribution in [0, 0.1) is 0 Å². The van der Waals surface area contributed by atoms with Crippen molar-refractivity contribution in [2.24, 2.45) is 0 Å². The standard InChI is InChI=1S/C16H10BrCl2N3O2/c17-12-7-20-14-10(13(12)19)5-11(16(24)22-14)15(23)21-6-8-1-3-9(18)4-2-8/h1-5,7H,6H2,(H,21,23)(H,20,22,24). The third-order valence-corrected chi connectivity index (χ3v) is 4.87. The van der Waals surface area contributed by atoms with E-state index in [2.05, 4.69) is 31.2 Å². The van der Waals surface area contributed by atoms with E-state index in [0.717, 1.165) is 5.56 Å². The van der Waals surface area contributed by atoms with E-state index in [1.54, 1.807) is 24.3 Å². The Morgan fingerprint density at radius 1 is 1.25 bits per heavy atom. The van der Waals surface area contributed by atoms with Gasteiger partial charge in [0, 0.05) is 23.2 Å². The fourth-order valence-corrected chi connectivity index (χ4v) is 2.78. The van der Waals surface area contributed by atoms with E-state index < -0.39 is 11.5 Å². The number of aromatic amines is 1. The van der Waals surface area contributed by atoms with Crippen LogP contribution in [-0.4, -0.2) is 15.9 Å². The van der Waals surface area contributed by atoms with Crippen LogP contribution in [0.4, 0.5) is 0 Å². The van der Waals surface area contributed by atoms with Gasteiger partial charge in [0.1, 0.15) is 11.2 Å².